The summed E-state index contributed by atoms with van der Waals surface area (Å²) in [7, 11) is 0. The number of carboxylic acids is 1. The highest BCUT2D eigenvalue weighted by atomic mass is 32.2. The van der Waals surface area contributed by atoms with Gasteiger partial charge in [-0.05, 0) is 62.1 Å². The maximum atomic E-state index is 11.9. The highest BCUT2D eigenvalue weighted by Crippen LogP contribution is 2.29. The van der Waals surface area contributed by atoms with Gasteiger partial charge >= 0.3 is 5.97 Å². The van der Waals surface area contributed by atoms with E-state index in [1.54, 1.807) is 23.9 Å². The fourth-order valence-electron chi connectivity index (χ4n) is 3.07. The summed E-state index contributed by atoms with van der Waals surface area (Å²) in [6.07, 6.45) is 4.71. The van der Waals surface area contributed by atoms with Gasteiger partial charge in [0.25, 0.3) is 0 Å². The maximum absolute atomic E-state index is 11.9. The molecule has 0 saturated heterocycles. The zero-order chi connectivity index (χ0) is 21.1. The second-order valence-corrected chi connectivity index (χ2v) is 8.26. The lowest BCUT2D eigenvalue weighted by Gasteiger charge is -2.17. The highest BCUT2D eigenvalue weighted by Gasteiger charge is 2.21. The van der Waals surface area contributed by atoms with Crippen molar-refractivity contribution in [1.82, 2.24) is 0 Å². The molecule has 2 aromatic rings. The molecule has 5 heteroatoms. The van der Waals surface area contributed by atoms with Crippen LogP contribution in [0.5, 0.6) is 5.75 Å². The topological polar surface area (TPSA) is 63.6 Å². The minimum absolute atomic E-state index is 0.127. The number of rotatable bonds is 13. The molecule has 0 fully saturated rings. The van der Waals surface area contributed by atoms with E-state index in [4.69, 9.17) is 4.74 Å². The van der Waals surface area contributed by atoms with E-state index in [1.165, 1.54) is 18.9 Å². The Hall–Kier alpha value is -2.27. The van der Waals surface area contributed by atoms with Gasteiger partial charge in [0.05, 0.1) is 5.56 Å². The van der Waals surface area contributed by atoms with Gasteiger partial charge in [-0.25, -0.2) is 4.79 Å². The molecule has 0 aliphatic rings. The molecule has 2 aromatic carbocycles. The summed E-state index contributed by atoms with van der Waals surface area (Å²) in [5, 5.41) is 9.36. The number of aliphatic carboxylic acids is 1. The van der Waals surface area contributed by atoms with Crippen molar-refractivity contribution in [1.29, 1.82) is 0 Å². The van der Waals surface area contributed by atoms with Crippen molar-refractivity contribution in [3.63, 3.8) is 0 Å². The van der Waals surface area contributed by atoms with Crippen molar-refractivity contribution >= 4 is 23.5 Å². The number of benzene rings is 2. The van der Waals surface area contributed by atoms with Crippen LogP contribution in [0.3, 0.4) is 0 Å². The van der Waals surface area contributed by atoms with Crippen molar-refractivity contribution < 1.29 is 19.4 Å². The number of ketones is 1. The molecule has 0 spiro atoms. The van der Waals surface area contributed by atoms with Crippen LogP contribution in [0.15, 0.2) is 53.4 Å². The Labute approximate surface area is 177 Å². The molecule has 4 nitrogen and oxygen atoms in total. The molecule has 0 radical (unpaired) electrons. The quantitative estimate of drug-likeness (QED) is 0.246. The molecule has 2 rings (SSSR count). The first kappa shape index (κ1) is 23.0. The van der Waals surface area contributed by atoms with Gasteiger partial charge in [-0.15, -0.1) is 11.8 Å². The molecule has 0 amide bonds. The summed E-state index contributed by atoms with van der Waals surface area (Å²) in [6, 6.07) is 16.0. The van der Waals surface area contributed by atoms with Gasteiger partial charge in [0.2, 0.25) is 0 Å². The molecular weight excluding hydrogens is 384 g/mol. The first-order valence-electron chi connectivity index (χ1n) is 10.2. The van der Waals surface area contributed by atoms with Crippen LogP contribution < -0.4 is 4.74 Å². The van der Waals surface area contributed by atoms with E-state index < -0.39 is 12.1 Å². The van der Waals surface area contributed by atoms with Gasteiger partial charge in [0, 0.05) is 4.90 Å². The van der Waals surface area contributed by atoms with Crippen LogP contribution in [0.25, 0.3) is 0 Å². The maximum Gasteiger partial charge on any atom is 0.344 e. The van der Waals surface area contributed by atoms with Crippen LogP contribution in [0.1, 0.15) is 61.9 Å². The van der Waals surface area contributed by atoms with Crippen LogP contribution in [0.2, 0.25) is 0 Å². The molecule has 0 heterocycles. The normalized spacial score (nSPS) is 11.8. The first-order chi connectivity index (χ1) is 14.0. The molecular formula is C24H30O4S. The van der Waals surface area contributed by atoms with E-state index in [2.05, 4.69) is 24.3 Å². The minimum Gasteiger partial charge on any atom is -0.479 e. The van der Waals surface area contributed by atoms with E-state index in [9.17, 15) is 14.7 Å². The van der Waals surface area contributed by atoms with Gasteiger partial charge in [0.1, 0.15) is 5.75 Å². The zero-order valence-corrected chi connectivity index (χ0v) is 18.0. The van der Waals surface area contributed by atoms with Gasteiger partial charge in [0.15, 0.2) is 11.9 Å². The molecule has 0 aromatic heterocycles. The molecule has 0 saturated carbocycles. The molecule has 1 unspecified atom stereocenters. The van der Waals surface area contributed by atoms with E-state index in [1.807, 2.05) is 19.1 Å². The molecule has 0 aliphatic carbocycles. The Bertz CT molecular complexity index is 789. The van der Waals surface area contributed by atoms with Crippen LogP contribution in [-0.2, 0) is 11.2 Å². The number of unbranched alkanes of at least 4 members (excludes halogenated alkanes) is 2. The highest BCUT2D eigenvalue weighted by molar-refractivity contribution is 7.99. The second-order valence-electron chi connectivity index (χ2n) is 7.09. The van der Waals surface area contributed by atoms with Crippen LogP contribution in [0.4, 0.5) is 0 Å². The smallest absolute Gasteiger partial charge is 0.344 e. The Balaban J connectivity index is 1.88. The summed E-state index contributed by atoms with van der Waals surface area (Å²) < 4.78 is 5.71. The number of carboxylic acid groups (broad SMARTS) is 1. The van der Waals surface area contributed by atoms with Gasteiger partial charge in [-0.3, -0.25) is 4.79 Å². The predicted octanol–water partition coefficient (Wildman–Crippen LogP) is 6.03. The van der Waals surface area contributed by atoms with Crippen molar-refractivity contribution in [2.75, 3.05) is 5.75 Å². The van der Waals surface area contributed by atoms with Crippen LogP contribution >= 0.6 is 11.8 Å². The third-order valence-corrected chi connectivity index (χ3v) is 5.73. The molecule has 29 heavy (non-hydrogen) atoms. The minimum atomic E-state index is -1.00. The van der Waals surface area contributed by atoms with Gasteiger partial charge in [-0.1, -0.05) is 50.1 Å². The van der Waals surface area contributed by atoms with Crippen molar-refractivity contribution in [2.24, 2.45) is 0 Å². The Morgan fingerprint density at radius 1 is 1.07 bits per heavy atom. The third kappa shape index (κ3) is 7.94. The van der Waals surface area contributed by atoms with E-state index >= 15 is 0 Å². The van der Waals surface area contributed by atoms with E-state index in [-0.39, 0.29) is 5.78 Å². The van der Waals surface area contributed by atoms with Gasteiger partial charge in [-0.2, -0.15) is 0 Å². The lowest BCUT2D eigenvalue weighted by molar-refractivity contribution is -0.145. The van der Waals surface area contributed by atoms with Crippen LogP contribution in [-0.4, -0.2) is 28.7 Å². The molecule has 0 bridgehead atoms. The molecule has 0 aliphatic heterocycles. The first-order valence-corrected chi connectivity index (χ1v) is 11.2. The Morgan fingerprint density at radius 3 is 2.48 bits per heavy atom. The summed E-state index contributed by atoms with van der Waals surface area (Å²) >= 11 is 1.71. The van der Waals surface area contributed by atoms with Crippen molar-refractivity contribution in [2.45, 2.75) is 63.4 Å². The summed E-state index contributed by atoms with van der Waals surface area (Å²) in [4.78, 5) is 24.3. The number of ether oxygens (including phenoxy) is 1. The molecule has 1 atom stereocenters. The monoisotopic (exact) mass is 414 g/mol. The largest absolute Gasteiger partial charge is 0.479 e. The van der Waals surface area contributed by atoms with Gasteiger partial charge < -0.3 is 9.84 Å². The number of carbonyl (C=O) groups is 2. The van der Waals surface area contributed by atoms with E-state index in [0.29, 0.717) is 24.2 Å². The Kier molecular flexibility index (Phi) is 9.78. The number of hydrogen-bond donors (Lipinski definition) is 1. The standard InChI is InChI=1S/C24H30O4S/c1-3-10-22(24(26)27)28-23-17-20(14-15-21(23)18(2)25)29-16-9-5-8-13-19-11-6-4-7-12-19/h4,6-7,11-12,14-15,17,22H,3,5,8-10,13,16H2,1-2H3,(H,26,27). The van der Waals surface area contributed by atoms with Crippen molar-refractivity contribution in [3.05, 3.63) is 59.7 Å². The van der Waals surface area contributed by atoms with Crippen LogP contribution in [0, 0.1) is 0 Å². The predicted molar refractivity (Wildman–Crippen MR) is 118 cm³/mol. The fraction of sp³-hybridized carbons (Fsp3) is 0.417. The number of thioether (sulfide) groups is 1. The Morgan fingerprint density at radius 2 is 1.83 bits per heavy atom. The molecule has 1 N–H and O–H groups in total. The third-order valence-electron chi connectivity index (χ3n) is 4.65. The average molecular weight is 415 g/mol. The molecule has 156 valence electrons. The summed E-state index contributed by atoms with van der Waals surface area (Å²) in [5.74, 6) is 0.216. The van der Waals surface area contributed by atoms with Crippen molar-refractivity contribution in [3.8, 4) is 5.75 Å². The SMILES string of the molecule is CCCC(Oc1cc(SCCCCCc2ccccc2)ccc1C(C)=O)C(=O)O. The number of hydrogen-bond acceptors (Lipinski definition) is 4. The average Bonchev–Trinajstić information content (AvgIpc) is 2.71. The summed E-state index contributed by atoms with van der Waals surface area (Å²) in [5.41, 5.74) is 1.81. The van der Waals surface area contributed by atoms with E-state index in [0.717, 1.165) is 29.9 Å². The number of aryl methyl sites for hydroxylation is 1. The number of carbonyl (C=O) groups excluding carboxylic acids is 1. The fourth-order valence-corrected chi connectivity index (χ4v) is 4.01. The lowest BCUT2D eigenvalue weighted by atomic mass is 10.1. The lowest BCUT2D eigenvalue weighted by Crippen LogP contribution is -2.27. The summed E-state index contributed by atoms with van der Waals surface area (Å²) in [6.45, 7) is 3.38. The number of Topliss-reactive ketones (excluding diaryl/α,β-unsaturated/α-hetero) is 1. The second kappa shape index (κ2) is 12.3. The zero-order valence-electron chi connectivity index (χ0n) is 17.2.